The molecular weight excluding hydrogens is 332 g/mol. The average molecular weight is 353 g/mol. The highest BCUT2D eigenvalue weighted by Gasteiger charge is 2.24. The van der Waals surface area contributed by atoms with Crippen LogP contribution in [0.25, 0.3) is 0 Å². The second-order valence-electron chi connectivity index (χ2n) is 6.24. The predicted molar refractivity (Wildman–Crippen MR) is 92.6 cm³/mol. The van der Waals surface area contributed by atoms with Crippen molar-refractivity contribution in [2.24, 2.45) is 0 Å². The van der Waals surface area contributed by atoms with Crippen molar-refractivity contribution in [3.63, 3.8) is 0 Å². The molecule has 0 N–H and O–H groups in total. The fraction of sp³-hybridized carbons (Fsp3) is 0.562. The minimum atomic E-state index is -0.447. The van der Waals surface area contributed by atoms with Gasteiger partial charge in [0.25, 0.3) is 5.69 Å². The van der Waals surface area contributed by atoms with Crippen LogP contribution in [0, 0.1) is 10.1 Å². The van der Waals surface area contributed by atoms with Crippen LogP contribution in [0.2, 0.25) is 5.02 Å². The number of hydrogen-bond acceptors (Lipinski definition) is 5. The van der Waals surface area contributed by atoms with Gasteiger partial charge in [0.05, 0.1) is 22.2 Å². The Kier molecular flexibility index (Phi) is 5.20. The highest BCUT2D eigenvalue weighted by Crippen LogP contribution is 2.30. The summed E-state index contributed by atoms with van der Waals surface area (Å²) in [5.74, 6) is 0.217. The first-order chi connectivity index (χ1) is 11.5. The van der Waals surface area contributed by atoms with E-state index in [0.717, 1.165) is 57.8 Å². The lowest BCUT2D eigenvalue weighted by Gasteiger charge is -2.36. The third-order valence-electron chi connectivity index (χ3n) is 4.67. The summed E-state index contributed by atoms with van der Waals surface area (Å²) in [4.78, 5) is 28.8. The fourth-order valence-electron chi connectivity index (χ4n) is 3.27. The number of carbonyl (C=O) groups is 1. The van der Waals surface area contributed by atoms with Crippen molar-refractivity contribution in [2.75, 3.05) is 50.7 Å². The maximum atomic E-state index is 12.2. The van der Waals surface area contributed by atoms with E-state index in [1.165, 1.54) is 12.1 Å². The Balaban J connectivity index is 1.55. The number of nitrogens with zero attached hydrogens (tertiary/aromatic N) is 4. The largest absolute Gasteiger partial charge is 0.368 e. The van der Waals surface area contributed by atoms with Gasteiger partial charge in [-0.05, 0) is 18.9 Å². The summed E-state index contributed by atoms with van der Waals surface area (Å²) in [5, 5.41) is 11.2. The molecule has 2 aliphatic rings. The van der Waals surface area contributed by atoms with Gasteiger partial charge >= 0.3 is 0 Å². The zero-order valence-electron chi connectivity index (χ0n) is 13.5. The number of anilines is 1. The molecule has 24 heavy (non-hydrogen) atoms. The van der Waals surface area contributed by atoms with E-state index in [2.05, 4.69) is 9.80 Å². The predicted octanol–water partition coefficient (Wildman–Crippen LogP) is 1.99. The van der Waals surface area contributed by atoms with Crippen molar-refractivity contribution in [2.45, 2.75) is 12.8 Å². The van der Waals surface area contributed by atoms with Gasteiger partial charge in [-0.3, -0.25) is 19.8 Å². The molecule has 1 amide bonds. The number of likely N-dealkylation sites (tertiary alicyclic amines) is 1. The van der Waals surface area contributed by atoms with Crippen LogP contribution in [0.3, 0.4) is 0 Å². The molecule has 0 atom stereocenters. The lowest BCUT2D eigenvalue weighted by Crippen LogP contribution is -2.50. The van der Waals surface area contributed by atoms with Crippen molar-refractivity contribution in [1.82, 2.24) is 9.80 Å². The summed E-state index contributed by atoms with van der Waals surface area (Å²) in [5.41, 5.74) is 0.811. The molecule has 2 aliphatic heterocycles. The molecule has 3 rings (SSSR count). The number of non-ortho nitro benzene ring substituents is 1. The van der Waals surface area contributed by atoms with Gasteiger partial charge in [0.2, 0.25) is 5.91 Å². The number of amides is 1. The van der Waals surface area contributed by atoms with Gasteiger partial charge in [0, 0.05) is 51.4 Å². The molecular formula is C16H21ClN4O3. The third kappa shape index (κ3) is 3.79. The quantitative estimate of drug-likeness (QED) is 0.612. The second kappa shape index (κ2) is 7.36. The fourth-order valence-corrected chi connectivity index (χ4v) is 3.56. The maximum Gasteiger partial charge on any atom is 0.271 e. The van der Waals surface area contributed by atoms with E-state index in [4.69, 9.17) is 11.6 Å². The van der Waals surface area contributed by atoms with E-state index in [9.17, 15) is 14.9 Å². The molecule has 0 aliphatic carbocycles. The highest BCUT2D eigenvalue weighted by atomic mass is 35.5. The van der Waals surface area contributed by atoms with E-state index in [0.29, 0.717) is 11.6 Å². The molecule has 7 nitrogen and oxygen atoms in total. The minimum Gasteiger partial charge on any atom is -0.368 e. The molecule has 130 valence electrons. The van der Waals surface area contributed by atoms with E-state index in [1.807, 2.05) is 4.90 Å². The standard InChI is InChI=1S/C16H21ClN4O3/c17-14-11-13(21(23)24)3-4-15(14)19-9-7-18(8-10-19)12-16(22)20-5-1-2-6-20/h3-4,11H,1-2,5-10,12H2. The molecule has 0 radical (unpaired) electrons. The first-order valence-corrected chi connectivity index (χ1v) is 8.61. The molecule has 0 unspecified atom stereocenters. The number of benzene rings is 1. The van der Waals surface area contributed by atoms with Crippen LogP contribution >= 0.6 is 11.6 Å². The molecule has 2 heterocycles. The Morgan fingerprint density at radius 3 is 2.38 bits per heavy atom. The summed E-state index contributed by atoms with van der Waals surface area (Å²) < 4.78 is 0. The topological polar surface area (TPSA) is 69.9 Å². The smallest absolute Gasteiger partial charge is 0.271 e. The lowest BCUT2D eigenvalue weighted by molar-refractivity contribution is -0.384. The summed E-state index contributed by atoms with van der Waals surface area (Å²) in [6.07, 6.45) is 2.22. The number of hydrogen-bond donors (Lipinski definition) is 0. The molecule has 0 bridgehead atoms. The Morgan fingerprint density at radius 2 is 1.79 bits per heavy atom. The molecule has 0 spiro atoms. The van der Waals surface area contributed by atoms with Gasteiger partial charge in [0.1, 0.15) is 0 Å². The Labute approximate surface area is 145 Å². The zero-order chi connectivity index (χ0) is 17.1. The first kappa shape index (κ1) is 17.0. The normalized spacial score (nSPS) is 18.9. The first-order valence-electron chi connectivity index (χ1n) is 8.23. The summed E-state index contributed by atoms with van der Waals surface area (Å²) in [6, 6.07) is 4.57. The van der Waals surface area contributed by atoms with Crippen LogP contribution in [0.1, 0.15) is 12.8 Å². The van der Waals surface area contributed by atoms with Crippen molar-refractivity contribution < 1.29 is 9.72 Å². The van der Waals surface area contributed by atoms with Crippen LogP contribution in [0.4, 0.5) is 11.4 Å². The van der Waals surface area contributed by atoms with Crippen molar-refractivity contribution >= 4 is 28.9 Å². The number of carbonyl (C=O) groups excluding carboxylic acids is 1. The van der Waals surface area contributed by atoms with Crippen LogP contribution in [0.15, 0.2) is 18.2 Å². The molecule has 2 fully saturated rings. The molecule has 1 aromatic carbocycles. The molecule has 0 aromatic heterocycles. The van der Waals surface area contributed by atoms with Crippen molar-refractivity contribution in [1.29, 1.82) is 0 Å². The van der Waals surface area contributed by atoms with Gasteiger partial charge in [0.15, 0.2) is 0 Å². The second-order valence-corrected chi connectivity index (χ2v) is 6.65. The van der Waals surface area contributed by atoms with E-state index >= 15 is 0 Å². The average Bonchev–Trinajstić information content (AvgIpc) is 3.10. The van der Waals surface area contributed by atoms with Crippen molar-refractivity contribution in [3.05, 3.63) is 33.3 Å². The molecule has 8 heteroatoms. The molecule has 0 saturated carbocycles. The van der Waals surface area contributed by atoms with Crippen LogP contribution in [-0.2, 0) is 4.79 Å². The lowest BCUT2D eigenvalue weighted by atomic mass is 10.2. The van der Waals surface area contributed by atoms with Crippen molar-refractivity contribution in [3.8, 4) is 0 Å². The number of piperazine rings is 1. The summed E-state index contributed by atoms with van der Waals surface area (Å²) in [7, 11) is 0. The molecule has 1 aromatic rings. The van der Waals surface area contributed by atoms with Gasteiger partial charge in [-0.1, -0.05) is 11.6 Å². The number of nitro benzene ring substituents is 1. The van der Waals surface area contributed by atoms with Gasteiger partial charge in [-0.15, -0.1) is 0 Å². The van der Waals surface area contributed by atoms with Gasteiger partial charge in [-0.2, -0.15) is 0 Å². The van der Waals surface area contributed by atoms with Gasteiger partial charge < -0.3 is 9.80 Å². The van der Waals surface area contributed by atoms with Crippen LogP contribution < -0.4 is 4.90 Å². The SMILES string of the molecule is O=C(CN1CCN(c2ccc([N+](=O)[O-])cc2Cl)CC1)N1CCCC1. The van der Waals surface area contributed by atoms with Crippen LogP contribution in [0.5, 0.6) is 0 Å². The maximum absolute atomic E-state index is 12.2. The Bertz CT molecular complexity index is 626. The number of halogens is 1. The zero-order valence-corrected chi connectivity index (χ0v) is 14.2. The Hall–Kier alpha value is -1.86. The molecule has 2 saturated heterocycles. The van der Waals surface area contributed by atoms with E-state index < -0.39 is 4.92 Å². The Morgan fingerprint density at radius 1 is 1.12 bits per heavy atom. The summed E-state index contributed by atoms with van der Waals surface area (Å²) in [6.45, 7) is 5.33. The van der Waals surface area contributed by atoms with Gasteiger partial charge in [-0.25, -0.2) is 0 Å². The van der Waals surface area contributed by atoms with E-state index in [1.54, 1.807) is 6.07 Å². The third-order valence-corrected chi connectivity index (χ3v) is 4.98. The van der Waals surface area contributed by atoms with E-state index in [-0.39, 0.29) is 11.6 Å². The highest BCUT2D eigenvalue weighted by molar-refractivity contribution is 6.33. The minimum absolute atomic E-state index is 0.00130. The number of rotatable bonds is 4. The van der Waals surface area contributed by atoms with Crippen LogP contribution in [-0.4, -0.2) is 66.4 Å². The summed E-state index contributed by atoms with van der Waals surface area (Å²) >= 11 is 6.19. The monoisotopic (exact) mass is 352 g/mol. The number of nitro groups is 1.